The molecule has 0 saturated heterocycles. The maximum Gasteiger partial charge on any atom is 0.326 e. The van der Waals surface area contributed by atoms with Gasteiger partial charge < -0.3 is 21.3 Å². The topological polar surface area (TPSA) is 113 Å². The molecule has 2 atom stereocenters. The Balaban J connectivity index is 2.67. The van der Waals surface area contributed by atoms with Gasteiger partial charge in [-0.25, -0.2) is 4.79 Å². The molecule has 0 unspecified atom stereocenters. The normalized spacial score (nSPS) is 13.7. The van der Waals surface area contributed by atoms with Crippen LogP contribution < -0.4 is 11.1 Å². The van der Waals surface area contributed by atoms with E-state index in [4.69, 9.17) is 15.9 Å². The first-order valence-electron chi connectivity index (χ1n) is 5.51. The van der Waals surface area contributed by atoms with Crippen LogP contribution in [0.1, 0.15) is 18.0 Å². The third-order valence-corrected chi connectivity index (χ3v) is 2.47. The largest absolute Gasteiger partial charge is 0.480 e. The molecule has 1 rings (SSSR count). The molecule has 98 valence electrons. The Morgan fingerprint density at radius 2 is 1.89 bits per heavy atom. The van der Waals surface area contributed by atoms with Crippen LogP contribution in [0.5, 0.6) is 0 Å². The number of hydrogen-bond acceptors (Lipinski definition) is 4. The van der Waals surface area contributed by atoms with Crippen molar-refractivity contribution in [2.45, 2.75) is 18.5 Å². The summed E-state index contributed by atoms with van der Waals surface area (Å²) in [4.78, 5) is 22.6. The number of benzene rings is 1. The minimum absolute atomic E-state index is 0.0530. The highest BCUT2D eigenvalue weighted by atomic mass is 16.4. The van der Waals surface area contributed by atoms with E-state index in [2.05, 4.69) is 5.32 Å². The van der Waals surface area contributed by atoms with Gasteiger partial charge in [-0.1, -0.05) is 30.3 Å². The summed E-state index contributed by atoms with van der Waals surface area (Å²) in [7, 11) is 0. The highest BCUT2D eigenvalue weighted by molar-refractivity contribution is 5.87. The first-order valence-corrected chi connectivity index (χ1v) is 5.51. The lowest BCUT2D eigenvalue weighted by molar-refractivity contribution is -0.142. The van der Waals surface area contributed by atoms with Crippen molar-refractivity contribution < 1.29 is 19.8 Å². The van der Waals surface area contributed by atoms with Crippen LogP contribution in [-0.2, 0) is 9.59 Å². The molecule has 1 aromatic rings. The number of rotatable bonds is 6. The Bertz CT molecular complexity index is 408. The van der Waals surface area contributed by atoms with Gasteiger partial charge >= 0.3 is 5.97 Å². The molecule has 0 bridgehead atoms. The van der Waals surface area contributed by atoms with Crippen LogP contribution in [-0.4, -0.2) is 34.7 Å². The molecule has 5 N–H and O–H groups in total. The van der Waals surface area contributed by atoms with Crippen molar-refractivity contribution in [3.63, 3.8) is 0 Å². The number of nitrogens with two attached hydrogens (primary N) is 1. The standard InChI is InChI=1S/C12H16N2O4/c13-10(8-4-2-1-3-5-8)11(16)14-9(6-7-15)12(17)18/h1-5,9-10,15H,6-7,13H2,(H,14,16)(H,17,18)/t9-,10+/m1/s1. The quantitative estimate of drug-likeness (QED) is 0.552. The summed E-state index contributed by atoms with van der Waals surface area (Å²) in [6, 6.07) is 6.59. The van der Waals surface area contributed by atoms with Crippen molar-refractivity contribution in [2.24, 2.45) is 5.73 Å². The Hall–Kier alpha value is -1.92. The molecular weight excluding hydrogens is 236 g/mol. The molecule has 0 saturated carbocycles. The van der Waals surface area contributed by atoms with Crippen LogP contribution in [0.15, 0.2) is 30.3 Å². The Kier molecular flexibility index (Phi) is 5.29. The number of aliphatic hydroxyl groups excluding tert-OH is 1. The zero-order valence-electron chi connectivity index (χ0n) is 9.74. The van der Waals surface area contributed by atoms with E-state index in [1.165, 1.54) is 0 Å². The Morgan fingerprint density at radius 3 is 2.39 bits per heavy atom. The van der Waals surface area contributed by atoms with Crippen molar-refractivity contribution >= 4 is 11.9 Å². The summed E-state index contributed by atoms with van der Waals surface area (Å²) >= 11 is 0. The molecule has 0 heterocycles. The van der Waals surface area contributed by atoms with Crippen LogP contribution in [0.25, 0.3) is 0 Å². The van der Waals surface area contributed by atoms with E-state index < -0.39 is 24.0 Å². The molecule has 1 aromatic carbocycles. The van der Waals surface area contributed by atoms with E-state index in [1.807, 2.05) is 0 Å². The van der Waals surface area contributed by atoms with Crippen LogP contribution in [0.3, 0.4) is 0 Å². The SMILES string of the molecule is N[C@H](C(=O)N[C@H](CCO)C(=O)O)c1ccccc1. The second kappa shape index (κ2) is 6.73. The van der Waals surface area contributed by atoms with Crippen LogP contribution in [0.2, 0.25) is 0 Å². The van der Waals surface area contributed by atoms with Crippen molar-refractivity contribution in [1.29, 1.82) is 0 Å². The van der Waals surface area contributed by atoms with Gasteiger partial charge in [0.05, 0.1) is 0 Å². The summed E-state index contributed by atoms with van der Waals surface area (Å²) in [5.41, 5.74) is 6.32. The molecule has 0 aromatic heterocycles. The van der Waals surface area contributed by atoms with Gasteiger partial charge in [-0.15, -0.1) is 0 Å². The van der Waals surface area contributed by atoms with Gasteiger partial charge in [0.25, 0.3) is 0 Å². The highest BCUT2D eigenvalue weighted by Gasteiger charge is 2.23. The second-order valence-electron chi connectivity index (χ2n) is 3.80. The van der Waals surface area contributed by atoms with Gasteiger partial charge in [-0.05, 0) is 5.56 Å². The molecule has 0 aliphatic rings. The Labute approximate surface area is 104 Å². The molecule has 1 amide bonds. The lowest BCUT2D eigenvalue weighted by atomic mass is 10.1. The smallest absolute Gasteiger partial charge is 0.326 e. The van der Waals surface area contributed by atoms with Gasteiger partial charge in [0.15, 0.2) is 0 Å². The number of carboxylic acid groups (broad SMARTS) is 1. The van der Waals surface area contributed by atoms with Gasteiger partial charge in [-0.3, -0.25) is 4.79 Å². The van der Waals surface area contributed by atoms with Gasteiger partial charge in [-0.2, -0.15) is 0 Å². The lowest BCUT2D eigenvalue weighted by Gasteiger charge is -2.17. The summed E-state index contributed by atoms with van der Waals surface area (Å²) in [5, 5.41) is 19.8. The first kappa shape index (κ1) is 14.1. The summed E-state index contributed by atoms with van der Waals surface area (Å²) < 4.78 is 0. The summed E-state index contributed by atoms with van der Waals surface area (Å²) in [6.45, 7) is -0.322. The number of aliphatic carboxylic acids is 1. The van der Waals surface area contributed by atoms with Crippen LogP contribution in [0.4, 0.5) is 0 Å². The number of aliphatic hydroxyl groups is 1. The van der Waals surface area contributed by atoms with Crippen LogP contribution in [0, 0.1) is 0 Å². The average molecular weight is 252 g/mol. The molecule has 0 spiro atoms. The molecule has 0 fully saturated rings. The van der Waals surface area contributed by atoms with E-state index in [0.29, 0.717) is 5.56 Å². The van der Waals surface area contributed by atoms with E-state index in [9.17, 15) is 9.59 Å². The maximum absolute atomic E-state index is 11.8. The molecule has 6 nitrogen and oxygen atoms in total. The molecular formula is C12H16N2O4. The predicted octanol–water partition coefficient (Wildman–Crippen LogP) is -0.362. The third-order valence-electron chi connectivity index (χ3n) is 2.47. The van der Waals surface area contributed by atoms with Crippen molar-refractivity contribution in [3.8, 4) is 0 Å². The van der Waals surface area contributed by atoms with E-state index in [-0.39, 0.29) is 13.0 Å². The fourth-order valence-corrected chi connectivity index (χ4v) is 1.46. The average Bonchev–Trinajstić information content (AvgIpc) is 2.38. The first-order chi connectivity index (χ1) is 8.56. The monoisotopic (exact) mass is 252 g/mol. The fourth-order valence-electron chi connectivity index (χ4n) is 1.46. The molecule has 0 aliphatic heterocycles. The molecule has 0 aliphatic carbocycles. The fraction of sp³-hybridized carbons (Fsp3) is 0.333. The number of carbonyl (C=O) groups is 2. The van der Waals surface area contributed by atoms with Crippen molar-refractivity contribution in [2.75, 3.05) is 6.61 Å². The number of hydrogen-bond donors (Lipinski definition) is 4. The second-order valence-corrected chi connectivity index (χ2v) is 3.80. The third kappa shape index (κ3) is 3.83. The number of carboxylic acids is 1. The molecule has 0 radical (unpaired) electrons. The lowest BCUT2D eigenvalue weighted by Crippen LogP contribution is -2.45. The van der Waals surface area contributed by atoms with Gasteiger partial charge in [0.1, 0.15) is 12.1 Å². The van der Waals surface area contributed by atoms with Crippen molar-refractivity contribution in [1.82, 2.24) is 5.32 Å². The number of amides is 1. The zero-order valence-corrected chi connectivity index (χ0v) is 9.74. The number of nitrogens with one attached hydrogen (secondary N) is 1. The number of carbonyl (C=O) groups excluding carboxylic acids is 1. The minimum Gasteiger partial charge on any atom is -0.480 e. The Morgan fingerprint density at radius 1 is 1.28 bits per heavy atom. The highest BCUT2D eigenvalue weighted by Crippen LogP contribution is 2.09. The molecule has 6 heteroatoms. The van der Waals surface area contributed by atoms with Crippen molar-refractivity contribution in [3.05, 3.63) is 35.9 Å². The summed E-state index contributed by atoms with van der Waals surface area (Å²) in [6.07, 6.45) is -0.0530. The minimum atomic E-state index is -1.20. The van der Waals surface area contributed by atoms with E-state index in [0.717, 1.165) is 0 Å². The maximum atomic E-state index is 11.8. The summed E-state index contributed by atoms with van der Waals surface area (Å²) in [5.74, 6) is -1.78. The molecule has 18 heavy (non-hydrogen) atoms. The van der Waals surface area contributed by atoms with E-state index in [1.54, 1.807) is 30.3 Å². The zero-order chi connectivity index (χ0) is 13.5. The van der Waals surface area contributed by atoms with Crippen LogP contribution >= 0.6 is 0 Å². The van der Waals surface area contributed by atoms with E-state index >= 15 is 0 Å². The van der Waals surface area contributed by atoms with Gasteiger partial charge in [0.2, 0.25) is 5.91 Å². The predicted molar refractivity (Wildman–Crippen MR) is 64.6 cm³/mol. The van der Waals surface area contributed by atoms with Gasteiger partial charge in [0, 0.05) is 13.0 Å².